The molecule has 0 aliphatic heterocycles. The normalized spacial score (nSPS) is 11.4. The van der Waals surface area contributed by atoms with Crippen molar-refractivity contribution in [2.75, 3.05) is 7.11 Å². The number of ether oxygens (including phenoxy) is 1. The molecule has 0 heterocycles. The average molecular weight is 326 g/mol. The van der Waals surface area contributed by atoms with Gasteiger partial charge in [0, 0.05) is 6.54 Å². The van der Waals surface area contributed by atoms with Gasteiger partial charge in [-0.15, -0.1) is 0 Å². The predicted molar refractivity (Wildman–Crippen MR) is 83.2 cm³/mol. The van der Waals surface area contributed by atoms with Crippen LogP contribution in [0.5, 0.6) is 5.75 Å². The van der Waals surface area contributed by atoms with Gasteiger partial charge < -0.3 is 4.74 Å². The third-order valence-electron chi connectivity index (χ3n) is 3.05. The molecule has 0 aliphatic rings. The Morgan fingerprint density at radius 2 is 1.86 bits per heavy atom. The second-order valence-electron chi connectivity index (χ2n) is 4.56. The first-order valence-electron chi connectivity index (χ1n) is 6.32. The van der Waals surface area contributed by atoms with Crippen LogP contribution in [0.1, 0.15) is 11.1 Å². The van der Waals surface area contributed by atoms with Crippen molar-refractivity contribution in [3.8, 4) is 5.75 Å². The summed E-state index contributed by atoms with van der Waals surface area (Å²) < 4.78 is 32.4. The first-order chi connectivity index (χ1) is 9.94. The summed E-state index contributed by atoms with van der Waals surface area (Å²) >= 11 is 6.01. The maximum Gasteiger partial charge on any atom is 0.241 e. The van der Waals surface area contributed by atoms with Crippen molar-refractivity contribution in [2.45, 2.75) is 18.4 Å². The van der Waals surface area contributed by atoms with Crippen LogP contribution in [-0.2, 0) is 16.6 Å². The van der Waals surface area contributed by atoms with Gasteiger partial charge in [0.2, 0.25) is 10.0 Å². The second-order valence-corrected chi connectivity index (χ2v) is 6.70. The maximum atomic E-state index is 12.4. The van der Waals surface area contributed by atoms with Gasteiger partial charge in [0.05, 0.1) is 17.0 Å². The Bertz CT molecular complexity index is 730. The van der Waals surface area contributed by atoms with Crippen molar-refractivity contribution in [3.05, 3.63) is 58.6 Å². The average Bonchev–Trinajstić information content (AvgIpc) is 2.48. The minimum atomic E-state index is -3.63. The Morgan fingerprint density at radius 3 is 2.48 bits per heavy atom. The maximum absolute atomic E-state index is 12.4. The monoisotopic (exact) mass is 325 g/mol. The van der Waals surface area contributed by atoms with Gasteiger partial charge in [-0.1, -0.05) is 41.9 Å². The van der Waals surface area contributed by atoms with Gasteiger partial charge in [-0.25, -0.2) is 13.1 Å². The van der Waals surface area contributed by atoms with Gasteiger partial charge >= 0.3 is 0 Å². The van der Waals surface area contributed by atoms with Gasteiger partial charge in [0.1, 0.15) is 5.75 Å². The van der Waals surface area contributed by atoms with Crippen LogP contribution in [0.2, 0.25) is 5.02 Å². The predicted octanol–water partition coefficient (Wildman–Crippen LogP) is 3.14. The Kier molecular flexibility index (Phi) is 4.88. The zero-order valence-electron chi connectivity index (χ0n) is 11.8. The van der Waals surface area contributed by atoms with E-state index < -0.39 is 10.0 Å². The van der Waals surface area contributed by atoms with Gasteiger partial charge in [0.15, 0.2) is 0 Å². The van der Waals surface area contributed by atoms with Crippen LogP contribution in [0.3, 0.4) is 0 Å². The quantitative estimate of drug-likeness (QED) is 0.918. The molecule has 0 saturated carbocycles. The molecule has 6 heteroatoms. The lowest BCUT2D eigenvalue weighted by Gasteiger charge is -2.12. The van der Waals surface area contributed by atoms with E-state index in [9.17, 15) is 8.42 Å². The summed E-state index contributed by atoms with van der Waals surface area (Å²) in [6.07, 6.45) is 0. The van der Waals surface area contributed by atoms with E-state index in [-0.39, 0.29) is 16.5 Å². The molecule has 4 nitrogen and oxygen atoms in total. The molecule has 0 fully saturated rings. The van der Waals surface area contributed by atoms with E-state index in [4.69, 9.17) is 16.3 Å². The van der Waals surface area contributed by atoms with Gasteiger partial charge in [-0.3, -0.25) is 0 Å². The lowest BCUT2D eigenvalue weighted by molar-refractivity contribution is 0.414. The summed E-state index contributed by atoms with van der Waals surface area (Å²) in [6, 6.07) is 12.3. The van der Waals surface area contributed by atoms with Crippen LogP contribution in [0.4, 0.5) is 0 Å². The fraction of sp³-hybridized carbons (Fsp3) is 0.200. The van der Waals surface area contributed by atoms with Crippen LogP contribution in [0.15, 0.2) is 47.4 Å². The zero-order valence-corrected chi connectivity index (χ0v) is 13.3. The summed E-state index contributed by atoms with van der Waals surface area (Å²) in [5.74, 6) is 0.455. The Balaban J connectivity index is 2.26. The largest absolute Gasteiger partial charge is 0.495 e. The minimum absolute atomic E-state index is 0.157. The van der Waals surface area contributed by atoms with Crippen LogP contribution in [0, 0.1) is 6.92 Å². The van der Waals surface area contributed by atoms with Crippen molar-refractivity contribution in [1.82, 2.24) is 4.72 Å². The summed E-state index contributed by atoms with van der Waals surface area (Å²) in [4.78, 5) is 0.157. The summed E-state index contributed by atoms with van der Waals surface area (Å²) in [6.45, 7) is 1.93. The second kappa shape index (κ2) is 6.47. The van der Waals surface area contributed by atoms with Crippen molar-refractivity contribution in [3.63, 3.8) is 0 Å². The number of sulfonamides is 1. The first-order valence-corrected chi connectivity index (χ1v) is 8.18. The molecule has 2 aromatic rings. The topological polar surface area (TPSA) is 55.4 Å². The number of methoxy groups -OCH3 is 1. The highest BCUT2D eigenvalue weighted by Gasteiger charge is 2.19. The number of aryl methyl sites for hydroxylation is 1. The first kappa shape index (κ1) is 15.8. The zero-order chi connectivity index (χ0) is 15.5. The molecule has 0 saturated heterocycles. The summed E-state index contributed by atoms with van der Waals surface area (Å²) in [5.41, 5.74) is 1.47. The number of hydrogen-bond donors (Lipinski definition) is 1. The van der Waals surface area contributed by atoms with E-state index in [2.05, 4.69) is 4.72 Å². The Morgan fingerprint density at radius 1 is 1.19 bits per heavy atom. The van der Waals surface area contributed by atoms with Gasteiger partial charge in [-0.05, 0) is 30.2 Å². The van der Waals surface area contributed by atoms with Crippen molar-refractivity contribution in [2.24, 2.45) is 0 Å². The third kappa shape index (κ3) is 3.75. The molecule has 21 heavy (non-hydrogen) atoms. The fourth-order valence-electron chi connectivity index (χ4n) is 1.93. The molecule has 0 aromatic heterocycles. The number of halogens is 1. The lowest BCUT2D eigenvalue weighted by atomic mass is 10.2. The molecule has 1 N–H and O–H groups in total. The van der Waals surface area contributed by atoms with Crippen LogP contribution in [0.25, 0.3) is 0 Å². The molecule has 0 radical (unpaired) electrons. The Labute approximate surface area is 129 Å². The van der Waals surface area contributed by atoms with Crippen molar-refractivity contribution in [1.29, 1.82) is 0 Å². The standard InChI is InChI=1S/C15H16ClNO3S/c1-11-8-14(20-2)13(16)9-15(11)21(18,19)17-10-12-6-4-3-5-7-12/h3-9,17H,10H2,1-2H3. The molecule has 112 valence electrons. The third-order valence-corrected chi connectivity index (χ3v) is 4.89. The molecule has 0 aliphatic carbocycles. The highest BCUT2D eigenvalue weighted by molar-refractivity contribution is 7.89. The van der Waals surface area contributed by atoms with E-state index in [0.29, 0.717) is 11.3 Å². The highest BCUT2D eigenvalue weighted by atomic mass is 35.5. The molecule has 0 spiro atoms. The molecular formula is C15H16ClNO3S. The van der Waals surface area contributed by atoms with Gasteiger partial charge in [-0.2, -0.15) is 0 Å². The van der Waals surface area contributed by atoms with Crippen LogP contribution in [-0.4, -0.2) is 15.5 Å². The van der Waals surface area contributed by atoms with E-state index in [1.54, 1.807) is 13.0 Å². The Hall–Kier alpha value is -1.56. The summed E-state index contributed by atoms with van der Waals surface area (Å²) in [7, 11) is -2.14. The molecule has 2 aromatic carbocycles. The van der Waals surface area contributed by atoms with E-state index in [1.165, 1.54) is 13.2 Å². The van der Waals surface area contributed by atoms with Crippen molar-refractivity contribution < 1.29 is 13.2 Å². The highest BCUT2D eigenvalue weighted by Crippen LogP contribution is 2.30. The molecule has 0 bridgehead atoms. The van der Waals surface area contributed by atoms with Crippen molar-refractivity contribution >= 4 is 21.6 Å². The SMILES string of the molecule is COc1cc(C)c(S(=O)(=O)NCc2ccccc2)cc1Cl. The molecule has 0 atom stereocenters. The number of nitrogens with one attached hydrogen (secondary N) is 1. The lowest BCUT2D eigenvalue weighted by Crippen LogP contribution is -2.24. The molecule has 0 amide bonds. The fourth-order valence-corrected chi connectivity index (χ4v) is 3.51. The van der Waals surface area contributed by atoms with Crippen LogP contribution < -0.4 is 9.46 Å². The summed E-state index contributed by atoms with van der Waals surface area (Å²) in [5, 5.41) is 0.267. The number of rotatable bonds is 5. The number of hydrogen-bond acceptors (Lipinski definition) is 3. The van der Waals surface area contributed by atoms with E-state index in [1.807, 2.05) is 30.3 Å². The number of benzene rings is 2. The molecular weight excluding hydrogens is 310 g/mol. The molecule has 2 rings (SSSR count). The van der Waals surface area contributed by atoms with Gasteiger partial charge in [0.25, 0.3) is 0 Å². The van der Waals surface area contributed by atoms with Crippen LogP contribution >= 0.6 is 11.6 Å². The van der Waals surface area contributed by atoms with E-state index in [0.717, 1.165) is 5.56 Å². The minimum Gasteiger partial charge on any atom is -0.495 e. The molecule has 0 unspecified atom stereocenters. The van der Waals surface area contributed by atoms with E-state index >= 15 is 0 Å². The smallest absolute Gasteiger partial charge is 0.241 e.